The van der Waals surface area contributed by atoms with Crippen molar-refractivity contribution in [1.29, 1.82) is 0 Å². The Bertz CT molecular complexity index is 423. The molecular weight excluding hydrogens is 242 g/mol. The van der Waals surface area contributed by atoms with E-state index < -0.39 is 0 Å². The molecular formula is C14H21N3O2. The number of fused-ring (bicyclic) bond motifs is 1. The molecule has 19 heavy (non-hydrogen) atoms. The maximum Gasteiger partial charge on any atom is 0.234 e. The molecule has 5 heteroatoms. The first-order valence-corrected chi connectivity index (χ1v) is 6.74. The number of aryl methyl sites for hydroxylation is 1. The summed E-state index contributed by atoms with van der Waals surface area (Å²) >= 11 is 0. The number of nitrogens with one attached hydrogen (secondary N) is 2. The maximum absolute atomic E-state index is 11.6. The van der Waals surface area contributed by atoms with Crippen molar-refractivity contribution in [1.82, 2.24) is 15.6 Å². The minimum absolute atomic E-state index is 0.0000968. The zero-order valence-electron chi connectivity index (χ0n) is 11.3. The van der Waals surface area contributed by atoms with Crippen LogP contribution < -0.4 is 10.6 Å². The highest BCUT2D eigenvalue weighted by Crippen LogP contribution is 2.27. The van der Waals surface area contributed by atoms with Crippen LogP contribution in [-0.2, 0) is 16.0 Å². The van der Waals surface area contributed by atoms with Crippen LogP contribution in [0, 0.1) is 0 Å². The Balaban J connectivity index is 1.82. The van der Waals surface area contributed by atoms with Gasteiger partial charge in [0.2, 0.25) is 5.91 Å². The standard InChI is InChI=1S/C14H21N3O2/c1-19-9-8-15-13(18)10-17-12-6-2-4-11-5-3-7-16-14(11)12/h3,5,7,12,17H,2,4,6,8-10H2,1H3,(H,15,18). The Labute approximate surface area is 113 Å². The number of pyridine rings is 1. The molecule has 5 nitrogen and oxygen atoms in total. The number of carbonyl (C=O) groups excluding carboxylic acids is 1. The summed E-state index contributed by atoms with van der Waals surface area (Å²) in [4.78, 5) is 16.1. The molecule has 1 atom stereocenters. The molecule has 0 radical (unpaired) electrons. The lowest BCUT2D eigenvalue weighted by molar-refractivity contribution is -0.120. The fourth-order valence-electron chi connectivity index (χ4n) is 2.38. The number of amides is 1. The lowest BCUT2D eigenvalue weighted by atomic mass is 9.92. The van der Waals surface area contributed by atoms with Gasteiger partial charge in [0.15, 0.2) is 0 Å². The van der Waals surface area contributed by atoms with E-state index in [1.807, 2.05) is 12.3 Å². The highest BCUT2D eigenvalue weighted by molar-refractivity contribution is 5.78. The molecule has 1 aliphatic carbocycles. The van der Waals surface area contributed by atoms with E-state index in [0.29, 0.717) is 19.7 Å². The summed E-state index contributed by atoms with van der Waals surface area (Å²) in [5.41, 5.74) is 2.39. The van der Waals surface area contributed by atoms with E-state index >= 15 is 0 Å². The van der Waals surface area contributed by atoms with Crippen molar-refractivity contribution >= 4 is 5.91 Å². The quantitative estimate of drug-likeness (QED) is 0.746. The van der Waals surface area contributed by atoms with E-state index in [1.54, 1.807) is 7.11 Å². The highest BCUT2D eigenvalue weighted by atomic mass is 16.5. The van der Waals surface area contributed by atoms with Crippen molar-refractivity contribution in [3.63, 3.8) is 0 Å². The SMILES string of the molecule is COCCNC(=O)CNC1CCCc2cccnc21. The van der Waals surface area contributed by atoms with Crippen LogP contribution in [0.5, 0.6) is 0 Å². The van der Waals surface area contributed by atoms with Gasteiger partial charge in [-0.2, -0.15) is 0 Å². The summed E-state index contributed by atoms with van der Waals surface area (Å²) < 4.78 is 4.89. The van der Waals surface area contributed by atoms with Crippen molar-refractivity contribution in [2.75, 3.05) is 26.8 Å². The molecule has 0 aliphatic heterocycles. The van der Waals surface area contributed by atoms with Crippen LogP contribution in [0.3, 0.4) is 0 Å². The summed E-state index contributed by atoms with van der Waals surface area (Å²) in [6.45, 7) is 1.42. The molecule has 1 aliphatic rings. The Kier molecular flexibility index (Phi) is 5.30. The van der Waals surface area contributed by atoms with Gasteiger partial charge in [0, 0.05) is 19.9 Å². The van der Waals surface area contributed by atoms with Gasteiger partial charge in [0.25, 0.3) is 0 Å². The van der Waals surface area contributed by atoms with Crippen LogP contribution in [0.1, 0.15) is 30.1 Å². The Morgan fingerprint density at radius 1 is 1.58 bits per heavy atom. The van der Waals surface area contributed by atoms with Crippen molar-refractivity contribution in [2.45, 2.75) is 25.3 Å². The van der Waals surface area contributed by atoms with Gasteiger partial charge in [-0.05, 0) is 30.9 Å². The van der Waals surface area contributed by atoms with Gasteiger partial charge in [-0.25, -0.2) is 0 Å². The number of methoxy groups -OCH3 is 1. The van der Waals surface area contributed by atoms with Crippen molar-refractivity contribution in [2.24, 2.45) is 0 Å². The highest BCUT2D eigenvalue weighted by Gasteiger charge is 2.21. The first kappa shape index (κ1) is 14.0. The van der Waals surface area contributed by atoms with E-state index in [1.165, 1.54) is 5.56 Å². The van der Waals surface area contributed by atoms with Gasteiger partial charge in [-0.3, -0.25) is 9.78 Å². The predicted octanol–water partition coefficient (Wildman–Crippen LogP) is 0.811. The molecule has 1 amide bonds. The average Bonchev–Trinajstić information content (AvgIpc) is 2.45. The van der Waals surface area contributed by atoms with Crippen LogP contribution in [0.4, 0.5) is 0 Å². The predicted molar refractivity (Wildman–Crippen MR) is 72.8 cm³/mol. The van der Waals surface area contributed by atoms with E-state index in [2.05, 4.69) is 21.7 Å². The minimum atomic E-state index is 0.0000968. The molecule has 0 bridgehead atoms. The van der Waals surface area contributed by atoms with Crippen molar-refractivity contribution < 1.29 is 9.53 Å². The smallest absolute Gasteiger partial charge is 0.234 e. The van der Waals surface area contributed by atoms with Gasteiger partial charge in [0.05, 0.1) is 24.9 Å². The summed E-state index contributed by atoms with van der Waals surface area (Å²) in [5, 5.41) is 6.09. The Morgan fingerprint density at radius 2 is 2.47 bits per heavy atom. The maximum atomic E-state index is 11.6. The molecule has 1 unspecified atom stereocenters. The largest absolute Gasteiger partial charge is 0.383 e. The molecule has 0 aromatic carbocycles. The normalized spacial score (nSPS) is 17.8. The van der Waals surface area contributed by atoms with Gasteiger partial charge in [0.1, 0.15) is 0 Å². The third kappa shape index (κ3) is 4.01. The van der Waals surface area contributed by atoms with E-state index in [4.69, 9.17) is 4.74 Å². The van der Waals surface area contributed by atoms with Crippen LogP contribution in [0.15, 0.2) is 18.3 Å². The molecule has 0 saturated heterocycles. The van der Waals surface area contributed by atoms with Crippen molar-refractivity contribution in [3.05, 3.63) is 29.6 Å². The molecule has 1 aromatic rings. The first-order valence-electron chi connectivity index (χ1n) is 6.74. The first-order chi connectivity index (χ1) is 9.31. The summed E-state index contributed by atoms with van der Waals surface area (Å²) in [5.74, 6) is 0.0000968. The van der Waals surface area contributed by atoms with Gasteiger partial charge >= 0.3 is 0 Å². The van der Waals surface area contributed by atoms with Gasteiger partial charge in [-0.15, -0.1) is 0 Å². The van der Waals surface area contributed by atoms with E-state index in [0.717, 1.165) is 25.0 Å². The van der Waals surface area contributed by atoms with Crippen molar-refractivity contribution in [3.8, 4) is 0 Å². The molecule has 0 fully saturated rings. The van der Waals surface area contributed by atoms with Crippen LogP contribution in [0.25, 0.3) is 0 Å². The molecule has 0 saturated carbocycles. The molecule has 1 aromatic heterocycles. The zero-order chi connectivity index (χ0) is 13.5. The number of rotatable bonds is 6. The lowest BCUT2D eigenvalue weighted by Crippen LogP contribution is -2.38. The molecule has 2 N–H and O–H groups in total. The monoisotopic (exact) mass is 263 g/mol. The minimum Gasteiger partial charge on any atom is -0.383 e. The average molecular weight is 263 g/mol. The summed E-state index contributed by atoms with van der Waals surface area (Å²) in [6.07, 6.45) is 5.08. The number of hydrogen-bond donors (Lipinski definition) is 2. The number of nitrogens with zero attached hydrogens (tertiary/aromatic N) is 1. The second kappa shape index (κ2) is 7.21. The number of hydrogen-bond acceptors (Lipinski definition) is 4. The number of carbonyl (C=O) groups is 1. The molecule has 104 valence electrons. The number of aromatic nitrogens is 1. The summed E-state index contributed by atoms with van der Waals surface area (Å²) in [7, 11) is 1.62. The van der Waals surface area contributed by atoms with E-state index in [-0.39, 0.29) is 11.9 Å². The van der Waals surface area contributed by atoms with Crippen LogP contribution in [0.2, 0.25) is 0 Å². The van der Waals surface area contributed by atoms with Gasteiger partial charge < -0.3 is 15.4 Å². The van der Waals surface area contributed by atoms with Crippen LogP contribution in [-0.4, -0.2) is 37.7 Å². The fourth-order valence-corrected chi connectivity index (χ4v) is 2.38. The second-order valence-electron chi connectivity index (χ2n) is 4.72. The summed E-state index contributed by atoms with van der Waals surface area (Å²) in [6, 6.07) is 4.28. The second-order valence-corrected chi connectivity index (χ2v) is 4.72. The third-order valence-electron chi connectivity index (χ3n) is 3.33. The fraction of sp³-hybridized carbons (Fsp3) is 0.571. The Hall–Kier alpha value is -1.46. The molecule has 2 rings (SSSR count). The topological polar surface area (TPSA) is 63.2 Å². The van der Waals surface area contributed by atoms with Gasteiger partial charge in [-0.1, -0.05) is 6.07 Å². The molecule has 0 spiro atoms. The molecule has 1 heterocycles. The Morgan fingerprint density at radius 3 is 3.32 bits per heavy atom. The zero-order valence-corrected chi connectivity index (χ0v) is 11.3. The van der Waals surface area contributed by atoms with E-state index in [9.17, 15) is 4.79 Å². The lowest BCUT2D eigenvalue weighted by Gasteiger charge is -2.25. The third-order valence-corrected chi connectivity index (χ3v) is 3.33. The number of ether oxygens (including phenoxy) is 1. The van der Waals surface area contributed by atoms with Crippen LogP contribution >= 0.6 is 0 Å².